The summed E-state index contributed by atoms with van der Waals surface area (Å²) >= 11 is 6.85. The van der Waals surface area contributed by atoms with Gasteiger partial charge in [0.1, 0.15) is 0 Å². The van der Waals surface area contributed by atoms with E-state index >= 15 is 0 Å². The second-order valence-corrected chi connectivity index (χ2v) is 13.8. The van der Waals surface area contributed by atoms with E-state index in [1.54, 1.807) is 12.5 Å². The number of carbonyl (C=O) groups excluding carboxylic acids is 2. The average Bonchev–Trinajstić information content (AvgIpc) is 3.63. The third-order valence-electron chi connectivity index (χ3n) is 5.30. The maximum absolute atomic E-state index is 14.1. The Bertz CT molecular complexity index is 1520. The minimum Gasteiger partial charge on any atom is -0.325 e. The van der Waals surface area contributed by atoms with Crippen LogP contribution in [-0.2, 0) is 21.9 Å². The summed E-state index contributed by atoms with van der Waals surface area (Å²) in [5.74, 6) is -1.62. The van der Waals surface area contributed by atoms with Crippen molar-refractivity contribution in [3.05, 3.63) is 47.5 Å². The number of benzene rings is 2. The van der Waals surface area contributed by atoms with Crippen molar-refractivity contribution in [1.29, 1.82) is 0 Å². The van der Waals surface area contributed by atoms with Gasteiger partial charge in [-0.2, -0.15) is 35.1 Å². The highest BCUT2D eigenvalue weighted by Gasteiger charge is 2.39. The number of alkyl halides is 6. The number of halogens is 6. The molecule has 234 valence electrons. The van der Waals surface area contributed by atoms with Gasteiger partial charge in [0.2, 0.25) is 22.1 Å². The maximum atomic E-state index is 14.1. The molecule has 0 fully saturated rings. The van der Waals surface area contributed by atoms with Crippen LogP contribution in [0.2, 0.25) is 0 Å². The lowest BCUT2D eigenvalue weighted by Gasteiger charge is -2.19. The Morgan fingerprint density at radius 2 is 1.09 bits per heavy atom. The number of aromatic nitrogens is 4. The second kappa shape index (κ2) is 14.7. The molecular weight excluding hydrogens is 711 g/mol. The van der Waals surface area contributed by atoms with E-state index in [0.29, 0.717) is 31.1 Å². The van der Waals surface area contributed by atoms with Gasteiger partial charge >= 0.3 is 12.4 Å². The van der Waals surface area contributed by atoms with Crippen molar-refractivity contribution in [2.24, 2.45) is 0 Å². The molecule has 2 aromatic carbocycles. The van der Waals surface area contributed by atoms with E-state index in [2.05, 4.69) is 29.3 Å². The second-order valence-electron chi connectivity index (χ2n) is 8.28. The Labute approximate surface area is 271 Å². The number of carbonyl (C=O) groups is 2. The quantitative estimate of drug-likeness (QED) is 0.117. The highest BCUT2D eigenvalue weighted by Crippen LogP contribution is 2.44. The predicted molar refractivity (Wildman–Crippen MR) is 164 cm³/mol. The normalized spacial score (nSPS) is 11.9. The standard InChI is InChI=1S/C24H18F6N6O2S6/c1-39-19-33-21(43-35-19)41-9-17(37)31-11-3-5-13(15(7-11)23(25,26)27)14-6-4-12(8-16(14)24(28,29)30)32-18(38)10-42-22-34-20(40-2)36-44-22/h3-8H,9-10H2,1-2H3,(H,31,37)(H,32,38). The SMILES string of the molecule is CSc1nsc(SCC(=O)Nc2ccc(-c3ccc(NC(=O)CSc4nc(SC)ns4)cc3C(F)(F)F)c(C(F)(F)F)c2)n1. The molecule has 0 bridgehead atoms. The van der Waals surface area contributed by atoms with Crippen LogP contribution in [0, 0.1) is 0 Å². The van der Waals surface area contributed by atoms with Crippen LogP contribution in [0.15, 0.2) is 55.4 Å². The lowest BCUT2D eigenvalue weighted by molar-refractivity contribution is -0.139. The summed E-state index contributed by atoms with van der Waals surface area (Å²) in [7, 11) is 0. The zero-order valence-electron chi connectivity index (χ0n) is 22.2. The third-order valence-corrected chi connectivity index (χ3v) is 10.3. The van der Waals surface area contributed by atoms with E-state index in [4.69, 9.17) is 0 Å². The first-order valence-corrected chi connectivity index (χ1v) is 17.8. The van der Waals surface area contributed by atoms with Crippen molar-refractivity contribution in [2.45, 2.75) is 31.3 Å². The van der Waals surface area contributed by atoms with Gasteiger partial charge in [0.25, 0.3) is 0 Å². The highest BCUT2D eigenvalue weighted by molar-refractivity contribution is 8.02. The van der Waals surface area contributed by atoms with Crippen LogP contribution in [0.25, 0.3) is 11.1 Å². The predicted octanol–water partition coefficient (Wildman–Crippen LogP) is 8.00. The van der Waals surface area contributed by atoms with Crippen molar-refractivity contribution in [3.8, 4) is 11.1 Å². The molecule has 4 rings (SSSR count). The van der Waals surface area contributed by atoms with Gasteiger partial charge in [-0.25, -0.2) is 9.97 Å². The van der Waals surface area contributed by atoms with Crippen molar-refractivity contribution in [3.63, 3.8) is 0 Å². The van der Waals surface area contributed by atoms with Gasteiger partial charge < -0.3 is 10.6 Å². The number of anilines is 2. The summed E-state index contributed by atoms with van der Waals surface area (Å²) in [5, 5.41) is 5.72. The van der Waals surface area contributed by atoms with E-state index in [1.165, 1.54) is 23.5 Å². The molecule has 0 aliphatic rings. The molecule has 0 unspecified atom stereocenters. The van der Waals surface area contributed by atoms with Crippen LogP contribution < -0.4 is 10.6 Å². The van der Waals surface area contributed by atoms with E-state index < -0.39 is 46.4 Å². The summed E-state index contributed by atoms with van der Waals surface area (Å²) in [4.78, 5) is 33.1. The fourth-order valence-corrected chi connectivity index (χ4v) is 7.53. The Hall–Kier alpha value is -2.52. The van der Waals surface area contributed by atoms with Crippen LogP contribution >= 0.6 is 70.1 Å². The molecule has 8 nitrogen and oxygen atoms in total. The Morgan fingerprint density at radius 3 is 1.41 bits per heavy atom. The van der Waals surface area contributed by atoms with Gasteiger partial charge in [-0.15, -0.1) is 0 Å². The fraction of sp³-hybridized carbons (Fsp3) is 0.250. The number of amides is 2. The minimum absolute atomic E-state index is 0.171. The Morgan fingerprint density at radius 1 is 0.705 bits per heavy atom. The van der Waals surface area contributed by atoms with Gasteiger partial charge in [0.05, 0.1) is 22.6 Å². The fourth-order valence-electron chi connectivity index (χ4n) is 3.51. The van der Waals surface area contributed by atoms with Gasteiger partial charge in [0.15, 0.2) is 8.68 Å². The molecule has 2 heterocycles. The van der Waals surface area contributed by atoms with Crippen LogP contribution in [0.4, 0.5) is 37.7 Å². The molecule has 44 heavy (non-hydrogen) atoms. The van der Waals surface area contributed by atoms with Crippen molar-refractivity contribution in [2.75, 3.05) is 34.7 Å². The lowest BCUT2D eigenvalue weighted by atomic mass is 9.93. The van der Waals surface area contributed by atoms with E-state index in [0.717, 1.165) is 70.9 Å². The number of hydrogen-bond donors (Lipinski definition) is 2. The van der Waals surface area contributed by atoms with Crippen LogP contribution in [-0.4, -0.2) is 54.5 Å². The zero-order chi connectivity index (χ0) is 32.1. The molecule has 0 spiro atoms. The first kappa shape index (κ1) is 34.4. The summed E-state index contributed by atoms with van der Waals surface area (Å²) in [6.07, 6.45) is -6.56. The molecule has 0 radical (unpaired) electrons. The molecular formula is C24H18F6N6O2S6. The minimum atomic E-state index is -5.06. The van der Waals surface area contributed by atoms with Gasteiger partial charge in [-0.05, 0) is 71.0 Å². The molecule has 0 saturated carbocycles. The molecule has 2 aromatic heterocycles. The van der Waals surface area contributed by atoms with Crippen LogP contribution in [0.1, 0.15) is 11.1 Å². The van der Waals surface area contributed by atoms with Gasteiger partial charge in [-0.1, -0.05) is 59.2 Å². The van der Waals surface area contributed by atoms with E-state index in [1.807, 2.05) is 0 Å². The molecule has 0 aliphatic carbocycles. The van der Waals surface area contributed by atoms with Crippen molar-refractivity contribution in [1.82, 2.24) is 18.7 Å². The van der Waals surface area contributed by atoms with Gasteiger partial charge in [-0.3, -0.25) is 9.59 Å². The van der Waals surface area contributed by atoms with Crippen LogP contribution in [0.3, 0.4) is 0 Å². The summed E-state index contributed by atoms with van der Waals surface area (Å²) in [6, 6.07) is 5.08. The number of hydrogen-bond acceptors (Lipinski definition) is 12. The highest BCUT2D eigenvalue weighted by atomic mass is 32.2. The van der Waals surface area contributed by atoms with E-state index in [-0.39, 0.29) is 22.9 Å². The summed E-state index contributed by atoms with van der Waals surface area (Å²) in [5.41, 5.74) is -4.74. The van der Waals surface area contributed by atoms with Gasteiger partial charge in [0, 0.05) is 11.4 Å². The number of thioether (sulfide) groups is 4. The zero-order valence-corrected chi connectivity index (χ0v) is 27.1. The molecule has 2 N–H and O–H groups in total. The Balaban J connectivity index is 1.54. The number of nitrogens with zero attached hydrogens (tertiary/aromatic N) is 4. The largest absolute Gasteiger partial charge is 0.417 e. The molecule has 20 heteroatoms. The molecule has 0 atom stereocenters. The topological polar surface area (TPSA) is 110 Å². The molecule has 0 aliphatic heterocycles. The monoisotopic (exact) mass is 728 g/mol. The average molecular weight is 729 g/mol. The van der Waals surface area contributed by atoms with Crippen LogP contribution in [0.5, 0.6) is 0 Å². The number of rotatable bonds is 11. The molecule has 4 aromatic rings. The van der Waals surface area contributed by atoms with Crippen molar-refractivity contribution < 1.29 is 35.9 Å². The summed E-state index contributed by atoms with van der Waals surface area (Å²) in [6.45, 7) is 0. The Kier molecular flexibility index (Phi) is 11.5. The lowest BCUT2D eigenvalue weighted by Crippen LogP contribution is -2.17. The third kappa shape index (κ3) is 9.25. The number of nitrogens with one attached hydrogen (secondary N) is 2. The summed E-state index contributed by atoms with van der Waals surface area (Å²) < 4.78 is 93.7. The molecule has 0 saturated heterocycles. The first-order chi connectivity index (χ1) is 20.8. The smallest absolute Gasteiger partial charge is 0.325 e. The van der Waals surface area contributed by atoms with E-state index in [9.17, 15) is 35.9 Å². The van der Waals surface area contributed by atoms with Crippen molar-refractivity contribution >= 4 is 93.3 Å². The first-order valence-electron chi connectivity index (χ1n) is 11.8. The molecule has 2 amide bonds. The maximum Gasteiger partial charge on any atom is 0.417 e.